The van der Waals surface area contributed by atoms with Crippen molar-refractivity contribution in [1.29, 1.82) is 0 Å². The first-order valence-electron chi connectivity index (χ1n) is 3.71. The maximum absolute atomic E-state index is 5.81. The molecule has 0 radical (unpaired) electrons. The highest BCUT2D eigenvalue weighted by atomic mass is 14.6. The Morgan fingerprint density at radius 1 is 1.18 bits per heavy atom. The number of hydrogen-bond acceptors (Lipinski definition) is 2. The van der Waals surface area contributed by atoms with E-state index in [4.69, 9.17) is 11.5 Å². The fourth-order valence-electron chi connectivity index (χ4n) is 1.16. The van der Waals surface area contributed by atoms with Gasteiger partial charge in [-0.05, 0) is 30.5 Å². The molecule has 0 fully saturated rings. The van der Waals surface area contributed by atoms with Crippen molar-refractivity contribution in [3.05, 3.63) is 28.8 Å². The average Bonchev–Trinajstić information content (AvgIpc) is 1.99. The van der Waals surface area contributed by atoms with Crippen molar-refractivity contribution >= 4 is 5.69 Å². The van der Waals surface area contributed by atoms with Gasteiger partial charge in [-0.3, -0.25) is 0 Å². The minimum atomic E-state index is 0.527. The number of nitrogens with two attached hydrogens (primary N) is 2. The third-order valence-electron chi connectivity index (χ3n) is 2.01. The Morgan fingerprint density at radius 2 is 1.73 bits per heavy atom. The predicted octanol–water partition coefficient (Wildman–Crippen LogP) is 1.34. The molecule has 0 aliphatic carbocycles. The van der Waals surface area contributed by atoms with Crippen LogP contribution in [0.5, 0.6) is 0 Å². The Labute approximate surface area is 67.2 Å². The highest BCUT2D eigenvalue weighted by molar-refractivity contribution is 5.56. The molecule has 0 spiro atoms. The van der Waals surface area contributed by atoms with Crippen molar-refractivity contribution in [1.82, 2.24) is 0 Å². The molecule has 0 unspecified atom stereocenters. The van der Waals surface area contributed by atoms with Crippen LogP contribution >= 0.6 is 0 Å². The van der Waals surface area contributed by atoms with E-state index in [1.165, 1.54) is 5.56 Å². The second-order valence-corrected chi connectivity index (χ2v) is 2.80. The second-order valence-electron chi connectivity index (χ2n) is 2.80. The van der Waals surface area contributed by atoms with E-state index in [-0.39, 0.29) is 0 Å². The molecule has 0 atom stereocenters. The van der Waals surface area contributed by atoms with Gasteiger partial charge in [0.05, 0.1) is 0 Å². The molecule has 0 saturated carbocycles. The molecule has 0 aromatic heterocycles. The van der Waals surface area contributed by atoms with Gasteiger partial charge in [0.25, 0.3) is 0 Å². The van der Waals surface area contributed by atoms with Crippen LogP contribution in [-0.4, -0.2) is 0 Å². The lowest BCUT2D eigenvalue weighted by atomic mass is 10.0. The summed E-state index contributed by atoms with van der Waals surface area (Å²) >= 11 is 0. The van der Waals surface area contributed by atoms with Crippen molar-refractivity contribution in [2.75, 3.05) is 5.73 Å². The summed E-state index contributed by atoms with van der Waals surface area (Å²) in [5, 5.41) is 0. The molecule has 2 heteroatoms. The Hall–Kier alpha value is -1.02. The monoisotopic (exact) mass is 150 g/mol. The molecule has 0 bridgehead atoms. The van der Waals surface area contributed by atoms with Crippen LogP contribution in [0.25, 0.3) is 0 Å². The van der Waals surface area contributed by atoms with Gasteiger partial charge < -0.3 is 11.5 Å². The van der Waals surface area contributed by atoms with Crippen molar-refractivity contribution in [2.24, 2.45) is 5.73 Å². The average molecular weight is 150 g/mol. The van der Waals surface area contributed by atoms with Crippen molar-refractivity contribution in [3.63, 3.8) is 0 Å². The van der Waals surface area contributed by atoms with Crippen LogP contribution in [0.1, 0.15) is 16.7 Å². The molecule has 0 aliphatic heterocycles. The molecule has 11 heavy (non-hydrogen) atoms. The first-order chi connectivity index (χ1) is 5.16. The fraction of sp³-hybridized carbons (Fsp3) is 0.333. The fourth-order valence-corrected chi connectivity index (χ4v) is 1.16. The molecule has 2 nitrogen and oxygen atoms in total. The number of nitrogen functional groups attached to an aromatic ring is 1. The van der Waals surface area contributed by atoms with Crippen LogP contribution in [0.15, 0.2) is 12.1 Å². The van der Waals surface area contributed by atoms with Gasteiger partial charge in [0.2, 0.25) is 0 Å². The number of hydrogen-bond donors (Lipinski definition) is 2. The van der Waals surface area contributed by atoms with Crippen LogP contribution in [0.2, 0.25) is 0 Å². The van der Waals surface area contributed by atoms with Crippen molar-refractivity contribution in [2.45, 2.75) is 20.4 Å². The van der Waals surface area contributed by atoms with E-state index in [0.717, 1.165) is 16.8 Å². The number of anilines is 1. The van der Waals surface area contributed by atoms with Gasteiger partial charge >= 0.3 is 0 Å². The first kappa shape index (κ1) is 8.08. The normalized spacial score (nSPS) is 10.1. The Balaban J connectivity index is 3.29. The minimum absolute atomic E-state index is 0.527. The first-order valence-corrected chi connectivity index (χ1v) is 3.71. The quantitative estimate of drug-likeness (QED) is 0.594. The zero-order chi connectivity index (χ0) is 8.43. The standard InChI is InChI=1S/C9H14N2/c1-6-3-4-7(2)9(11)8(6)5-10/h3-4H,5,10-11H2,1-2H3. The zero-order valence-corrected chi connectivity index (χ0v) is 7.02. The largest absolute Gasteiger partial charge is 0.398 e. The third-order valence-corrected chi connectivity index (χ3v) is 2.01. The predicted molar refractivity (Wildman–Crippen MR) is 48.2 cm³/mol. The summed E-state index contributed by atoms with van der Waals surface area (Å²) in [6, 6.07) is 4.07. The smallest absolute Gasteiger partial charge is 0.0391 e. The van der Waals surface area contributed by atoms with Crippen LogP contribution in [0, 0.1) is 13.8 Å². The van der Waals surface area contributed by atoms with E-state index in [2.05, 4.69) is 0 Å². The summed E-state index contributed by atoms with van der Waals surface area (Å²) in [5.41, 5.74) is 15.6. The molecule has 0 saturated heterocycles. The summed E-state index contributed by atoms with van der Waals surface area (Å²) in [6.45, 7) is 4.55. The zero-order valence-electron chi connectivity index (χ0n) is 7.02. The van der Waals surface area contributed by atoms with Crippen LogP contribution < -0.4 is 11.5 Å². The van der Waals surface area contributed by atoms with E-state index in [0.29, 0.717) is 6.54 Å². The molecule has 1 rings (SSSR count). The number of aryl methyl sites for hydroxylation is 2. The SMILES string of the molecule is Cc1ccc(C)c(CN)c1N. The lowest BCUT2D eigenvalue weighted by molar-refractivity contribution is 1.05. The summed E-state index contributed by atoms with van der Waals surface area (Å²) in [4.78, 5) is 0. The number of rotatable bonds is 1. The van der Waals surface area contributed by atoms with Gasteiger partial charge in [0, 0.05) is 12.2 Å². The molecule has 4 N–H and O–H groups in total. The molecule has 1 aromatic rings. The van der Waals surface area contributed by atoms with E-state index >= 15 is 0 Å². The van der Waals surface area contributed by atoms with E-state index < -0.39 is 0 Å². The maximum Gasteiger partial charge on any atom is 0.0391 e. The van der Waals surface area contributed by atoms with Crippen LogP contribution in [0.4, 0.5) is 5.69 Å². The third kappa shape index (κ3) is 1.35. The molecule has 0 heterocycles. The van der Waals surface area contributed by atoms with Crippen LogP contribution in [-0.2, 0) is 6.54 Å². The topological polar surface area (TPSA) is 52.0 Å². The Bertz CT molecular complexity index is 267. The highest BCUT2D eigenvalue weighted by Crippen LogP contribution is 2.19. The number of benzene rings is 1. The minimum Gasteiger partial charge on any atom is -0.398 e. The van der Waals surface area contributed by atoms with E-state index in [1.807, 2.05) is 26.0 Å². The molecular weight excluding hydrogens is 136 g/mol. The molecule has 60 valence electrons. The summed E-state index contributed by atoms with van der Waals surface area (Å²) in [5.74, 6) is 0. The van der Waals surface area contributed by atoms with Gasteiger partial charge in [-0.1, -0.05) is 12.1 Å². The molecule has 0 aliphatic rings. The summed E-state index contributed by atoms with van der Waals surface area (Å²) < 4.78 is 0. The van der Waals surface area contributed by atoms with Crippen LogP contribution in [0.3, 0.4) is 0 Å². The van der Waals surface area contributed by atoms with Gasteiger partial charge in [-0.2, -0.15) is 0 Å². The summed E-state index contributed by atoms with van der Waals surface area (Å²) in [7, 11) is 0. The highest BCUT2D eigenvalue weighted by Gasteiger charge is 2.02. The van der Waals surface area contributed by atoms with Crippen molar-refractivity contribution < 1.29 is 0 Å². The van der Waals surface area contributed by atoms with Crippen molar-refractivity contribution in [3.8, 4) is 0 Å². The second kappa shape index (κ2) is 2.93. The van der Waals surface area contributed by atoms with Gasteiger partial charge in [0.15, 0.2) is 0 Å². The maximum atomic E-state index is 5.81. The van der Waals surface area contributed by atoms with Gasteiger partial charge in [0.1, 0.15) is 0 Å². The van der Waals surface area contributed by atoms with E-state index in [1.54, 1.807) is 0 Å². The molecule has 1 aromatic carbocycles. The molecule has 0 amide bonds. The van der Waals surface area contributed by atoms with E-state index in [9.17, 15) is 0 Å². The summed E-state index contributed by atoms with van der Waals surface area (Å²) in [6.07, 6.45) is 0. The lowest BCUT2D eigenvalue weighted by Crippen LogP contribution is -2.05. The molecular formula is C9H14N2. The van der Waals surface area contributed by atoms with Gasteiger partial charge in [-0.25, -0.2) is 0 Å². The Morgan fingerprint density at radius 3 is 2.18 bits per heavy atom. The Kier molecular flexibility index (Phi) is 2.15. The van der Waals surface area contributed by atoms with Gasteiger partial charge in [-0.15, -0.1) is 0 Å². The lowest BCUT2D eigenvalue weighted by Gasteiger charge is -2.08.